The van der Waals surface area contributed by atoms with E-state index in [0.717, 1.165) is 10.0 Å². The molecule has 0 atom stereocenters. The molecule has 0 spiro atoms. The minimum Gasteiger partial charge on any atom is -0.444 e. The summed E-state index contributed by atoms with van der Waals surface area (Å²) < 4.78 is 6.13. The van der Waals surface area contributed by atoms with E-state index in [1.165, 1.54) is 0 Å². The third kappa shape index (κ3) is 8.98. The van der Waals surface area contributed by atoms with Crippen molar-refractivity contribution in [2.45, 2.75) is 51.7 Å². The lowest BCUT2D eigenvalue weighted by molar-refractivity contribution is -0.127. The Kier molecular flexibility index (Phi) is 8.89. The van der Waals surface area contributed by atoms with Gasteiger partial charge in [0.25, 0.3) is 0 Å². The van der Waals surface area contributed by atoms with Crippen LogP contribution in [0, 0.1) is 0 Å². The molecule has 1 heterocycles. The van der Waals surface area contributed by atoms with E-state index in [9.17, 15) is 14.4 Å². The first-order valence-electron chi connectivity index (χ1n) is 10.1. The fraction of sp³-hybridized carbons (Fsp3) is 0.500. The van der Waals surface area contributed by atoms with Crippen molar-refractivity contribution in [3.63, 3.8) is 0 Å². The molecule has 0 bridgehead atoms. The van der Waals surface area contributed by atoms with Gasteiger partial charge in [-0.1, -0.05) is 28.1 Å². The monoisotopic (exact) mass is 479 g/mol. The Morgan fingerprint density at radius 1 is 1.17 bits per heavy atom. The summed E-state index contributed by atoms with van der Waals surface area (Å²) in [5.74, 6) is -0.143. The van der Waals surface area contributed by atoms with Crippen LogP contribution in [-0.2, 0) is 14.3 Å². The summed E-state index contributed by atoms with van der Waals surface area (Å²) >= 11 is 3.39. The molecule has 1 aromatic carbocycles. The number of benzene rings is 1. The van der Waals surface area contributed by atoms with Gasteiger partial charge in [-0.05, 0) is 57.4 Å². The molecule has 1 aromatic rings. The van der Waals surface area contributed by atoms with Crippen LogP contribution in [0.2, 0.25) is 0 Å². The molecule has 8 heteroatoms. The fourth-order valence-corrected chi connectivity index (χ4v) is 3.25. The van der Waals surface area contributed by atoms with Crippen LogP contribution in [0.3, 0.4) is 0 Å². The van der Waals surface area contributed by atoms with Gasteiger partial charge in [-0.25, -0.2) is 4.79 Å². The molecule has 7 nitrogen and oxygen atoms in total. The van der Waals surface area contributed by atoms with E-state index in [4.69, 9.17) is 4.74 Å². The number of carbonyl (C=O) groups excluding carboxylic acids is 3. The van der Waals surface area contributed by atoms with Crippen LogP contribution in [0.15, 0.2) is 34.8 Å². The number of piperidine rings is 1. The number of amides is 3. The lowest BCUT2D eigenvalue weighted by Crippen LogP contribution is -2.46. The van der Waals surface area contributed by atoms with Gasteiger partial charge >= 0.3 is 6.09 Å². The van der Waals surface area contributed by atoms with Gasteiger partial charge in [0.05, 0.1) is 0 Å². The van der Waals surface area contributed by atoms with E-state index in [2.05, 4.69) is 26.6 Å². The molecule has 1 aliphatic heterocycles. The van der Waals surface area contributed by atoms with Crippen LogP contribution in [0.1, 0.15) is 45.6 Å². The van der Waals surface area contributed by atoms with Crippen molar-refractivity contribution in [1.29, 1.82) is 0 Å². The summed E-state index contributed by atoms with van der Waals surface area (Å²) in [6, 6.07) is 7.78. The zero-order valence-electron chi connectivity index (χ0n) is 17.7. The van der Waals surface area contributed by atoms with Gasteiger partial charge < -0.3 is 20.3 Å². The minimum absolute atomic E-state index is 0.0238. The largest absolute Gasteiger partial charge is 0.444 e. The molecule has 1 fully saturated rings. The molecule has 1 aliphatic rings. The molecule has 3 amide bonds. The highest BCUT2D eigenvalue weighted by Gasteiger charge is 2.23. The molecule has 30 heavy (non-hydrogen) atoms. The van der Waals surface area contributed by atoms with Crippen LogP contribution >= 0.6 is 15.9 Å². The van der Waals surface area contributed by atoms with Crippen molar-refractivity contribution in [3.05, 3.63) is 40.4 Å². The summed E-state index contributed by atoms with van der Waals surface area (Å²) in [4.78, 5) is 37.8. The smallest absolute Gasteiger partial charge is 0.407 e. The third-order valence-corrected chi connectivity index (χ3v) is 5.01. The molecule has 0 saturated carbocycles. The molecule has 164 valence electrons. The van der Waals surface area contributed by atoms with Crippen molar-refractivity contribution in [2.24, 2.45) is 0 Å². The summed E-state index contributed by atoms with van der Waals surface area (Å²) in [6.45, 7) is 6.78. The van der Waals surface area contributed by atoms with Crippen molar-refractivity contribution >= 4 is 39.9 Å². The second-order valence-corrected chi connectivity index (χ2v) is 9.15. The SMILES string of the molecule is CC(C)(C)OC(=O)NCCC(=O)NC1CCN(C(=O)/C=C/c2ccc(Br)cc2)CC1. The fourth-order valence-electron chi connectivity index (χ4n) is 2.98. The predicted octanol–water partition coefficient (Wildman–Crippen LogP) is 3.48. The van der Waals surface area contributed by atoms with E-state index in [1.807, 2.05) is 24.3 Å². The number of ether oxygens (including phenoxy) is 1. The standard InChI is InChI=1S/C22H30BrN3O4/c1-22(2,3)30-21(29)24-13-10-19(27)25-18-11-14-26(15-12-18)20(28)9-6-16-4-7-17(23)8-5-16/h4-9,18H,10-15H2,1-3H3,(H,24,29)(H,25,27)/b9-6+. The Labute approximate surface area is 186 Å². The maximum atomic E-state index is 12.4. The molecule has 0 unspecified atom stereocenters. The van der Waals surface area contributed by atoms with Crippen LogP contribution < -0.4 is 10.6 Å². The van der Waals surface area contributed by atoms with Gasteiger partial charge in [0.2, 0.25) is 11.8 Å². The van der Waals surface area contributed by atoms with Crippen LogP contribution in [0.4, 0.5) is 4.79 Å². The maximum Gasteiger partial charge on any atom is 0.407 e. The Hall–Kier alpha value is -2.35. The van der Waals surface area contributed by atoms with Crippen molar-refractivity contribution in [2.75, 3.05) is 19.6 Å². The molecule has 0 aromatic heterocycles. The first-order valence-corrected chi connectivity index (χ1v) is 10.9. The predicted molar refractivity (Wildman–Crippen MR) is 120 cm³/mol. The van der Waals surface area contributed by atoms with Gasteiger partial charge in [-0.2, -0.15) is 0 Å². The van der Waals surface area contributed by atoms with Crippen LogP contribution in [0.5, 0.6) is 0 Å². The first-order chi connectivity index (χ1) is 14.1. The molecule has 2 N–H and O–H groups in total. The van der Waals surface area contributed by atoms with Crippen molar-refractivity contribution in [1.82, 2.24) is 15.5 Å². The molecule has 2 rings (SSSR count). The maximum absolute atomic E-state index is 12.4. The number of nitrogens with one attached hydrogen (secondary N) is 2. The van der Waals surface area contributed by atoms with Gasteiger partial charge in [0.1, 0.15) is 5.60 Å². The number of likely N-dealkylation sites (tertiary alicyclic amines) is 1. The van der Waals surface area contributed by atoms with E-state index < -0.39 is 11.7 Å². The lowest BCUT2D eigenvalue weighted by Gasteiger charge is -2.31. The van der Waals surface area contributed by atoms with E-state index in [0.29, 0.717) is 25.9 Å². The van der Waals surface area contributed by atoms with Gasteiger partial charge in [0, 0.05) is 42.6 Å². The second-order valence-electron chi connectivity index (χ2n) is 8.23. The first kappa shape index (κ1) is 23.9. The molecule has 1 saturated heterocycles. The molecular formula is C22H30BrN3O4. The number of nitrogens with zero attached hydrogens (tertiary/aromatic N) is 1. The zero-order valence-corrected chi connectivity index (χ0v) is 19.3. The van der Waals surface area contributed by atoms with Crippen LogP contribution in [-0.4, -0.2) is 54.1 Å². The van der Waals surface area contributed by atoms with Crippen molar-refractivity contribution < 1.29 is 19.1 Å². The molecule has 0 aliphatic carbocycles. The average molecular weight is 480 g/mol. The van der Waals surface area contributed by atoms with E-state index in [1.54, 1.807) is 37.8 Å². The lowest BCUT2D eigenvalue weighted by atomic mass is 10.0. The minimum atomic E-state index is -0.564. The number of halogens is 1. The van der Waals surface area contributed by atoms with Gasteiger partial charge in [-0.3, -0.25) is 9.59 Å². The summed E-state index contributed by atoms with van der Waals surface area (Å²) in [5, 5.41) is 5.55. The second kappa shape index (κ2) is 11.2. The summed E-state index contributed by atoms with van der Waals surface area (Å²) in [6.07, 6.45) is 4.48. The zero-order chi connectivity index (χ0) is 22.1. The summed E-state index contributed by atoms with van der Waals surface area (Å²) in [7, 11) is 0. The Balaban J connectivity index is 1.66. The Bertz CT molecular complexity index is 764. The average Bonchev–Trinajstić information content (AvgIpc) is 2.66. The van der Waals surface area contributed by atoms with Crippen LogP contribution in [0.25, 0.3) is 6.08 Å². The van der Waals surface area contributed by atoms with Gasteiger partial charge in [-0.15, -0.1) is 0 Å². The normalized spacial score (nSPS) is 15.1. The van der Waals surface area contributed by atoms with Crippen molar-refractivity contribution in [3.8, 4) is 0 Å². The topological polar surface area (TPSA) is 87.7 Å². The molecule has 0 radical (unpaired) electrons. The van der Waals surface area contributed by atoms with E-state index >= 15 is 0 Å². The highest BCUT2D eigenvalue weighted by molar-refractivity contribution is 9.10. The highest BCUT2D eigenvalue weighted by atomic mass is 79.9. The number of carbonyl (C=O) groups is 3. The Morgan fingerprint density at radius 3 is 2.40 bits per heavy atom. The van der Waals surface area contributed by atoms with Gasteiger partial charge in [0.15, 0.2) is 0 Å². The number of hydrogen-bond donors (Lipinski definition) is 2. The highest BCUT2D eigenvalue weighted by Crippen LogP contribution is 2.14. The summed E-state index contributed by atoms with van der Waals surface area (Å²) in [5.41, 5.74) is 0.402. The number of hydrogen-bond acceptors (Lipinski definition) is 4. The van der Waals surface area contributed by atoms with E-state index in [-0.39, 0.29) is 30.8 Å². The quantitative estimate of drug-likeness (QED) is 0.611. The Morgan fingerprint density at radius 2 is 1.80 bits per heavy atom. The third-order valence-electron chi connectivity index (χ3n) is 4.48. The molecular weight excluding hydrogens is 450 g/mol. The number of alkyl carbamates (subject to hydrolysis) is 1. The number of rotatable bonds is 6.